The van der Waals surface area contributed by atoms with Crippen LogP contribution in [0, 0.1) is 0 Å². The molecule has 5 heteroatoms. The lowest BCUT2D eigenvalue weighted by atomic mass is 10.3. The number of amides is 1. The number of aliphatic hydroxyl groups is 1. The fourth-order valence-corrected chi connectivity index (χ4v) is 1.54. The summed E-state index contributed by atoms with van der Waals surface area (Å²) in [6.07, 6.45) is -0.953. The topological polar surface area (TPSA) is 61.4 Å². The Labute approximate surface area is 103 Å². The quantitative estimate of drug-likeness (QED) is 0.717. The van der Waals surface area contributed by atoms with E-state index in [1.165, 1.54) is 6.92 Å². The lowest BCUT2D eigenvalue weighted by molar-refractivity contribution is -0.128. The van der Waals surface area contributed by atoms with E-state index in [2.05, 4.69) is 26.6 Å². The van der Waals surface area contributed by atoms with Gasteiger partial charge in [-0.05, 0) is 25.1 Å². The zero-order valence-electron chi connectivity index (χ0n) is 9.03. The zero-order valence-corrected chi connectivity index (χ0v) is 10.6. The molecule has 3 N–H and O–H groups in total. The number of anilines is 1. The van der Waals surface area contributed by atoms with Crippen LogP contribution in [0.2, 0.25) is 0 Å². The Balaban J connectivity index is 2.23. The highest BCUT2D eigenvalue weighted by Gasteiger charge is 2.06. The number of benzene rings is 1. The van der Waals surface area contributed by atoms with Gasteiger partial charge in [-0.25, -0.2) is 0 Å². The van der Waals surface area contributed by atoms with Gasteiger partial charge in [0, 0.05) is 23.2 Å². The molecule has 1 atom stereocenters. The minimum Gasteiger partial charge on any atom is -0.384 e. The van der Waals surface area contributed by atoms with Crippen LogP contribution in [0.4, 0.5) is 5.69 Å². The number of aliphatic hydroxyl groups excluding tert-OH is 1. The first-order chi connectivity index (χ1) is 7.59. The zero-order chi connectivity index (χ0) is 12.0. The van der Waals surface area contributed by atoms with Gasteiger partial charge in [-0.2, -0.15) is 0 Å². The Morgan fingerprint density at radius 3 is 2.88 bits per heavy atom. The molecule has 0 saturated heterocycles. The van der Waals surface area contributed by atoms with Crippen LogP contribution in [0.3, 0.4) is 0 Å². The first-order valence-corrected chi connectivity index (χ1v) is 5.84. The number of carbonyl (C=O) groups excluding carboxylic acids is 1. The summed E-state index contributed by atoms with van der Waals surface area (Å²) >= 11 is 3.37. The standard InChI is InChI=1S/C11H15BrN2O2/c1-8(15)11(16)14-6-5-13-10-4-2-3-9(12)7-10/h2-4,7-8,13,15H,5-6H2,1H3,(H,14,16)/t8-/m0/s1. The van der Waals surface area contributed by atoms with Crippen molar-refractivity contribution in [1.29, 1.82) is 0 Å². The Kier molecular flexibility index (Phi) is 5.28. The molecule has 1 aromatic rings. The van der Waals surface area contributed by atoms with Gasteiger partial charge in [-0.1, -0.05) is 22.0 Å². The van der Waals surface area contributed by atoms with Gasteiger partial charge in [0.05, 0.1) is 0 Å². The summed E-state index contributed by atoms with van der Waals surface area (Å²) in [4.78, 5) is 11.0. The molecule has 0 unspecified atom stereocenters. The molecule has 0 aliphatic heterocycles. The summed E-state index contributed by atoms with van der Waals surface area (Å²) in [5.74, 6) is -0.351. The second-order valence-corrected chi connectivity index (χ2v) is 4.32. The predicted molar refractivity (Wildman–Crippen MR) is 67.3 cm³/mol. The third-order valence-corrected chi connectivity index (χ3v) is 2.45. The van der Waals surface area contributed by atoms with Crippen LogP contribution < -0.4 is 10.6 Å². The van der Waals surface area contributed by atoms with Crippen molar-refractivity contribution < 1.29 is 9.90 Å². The fraction of sp³-hybridized carbons (Fsp3) is 0.364. The van der Waals surface area contributed by atoms with Gasteiger partial charge in [0.15, 0.2) is 0 Å². The van der Waals surface area contributed by atoms with Gasteiger partial charge in [-0.3, -0.25) is 4.79 Å². The number of hydrogen-bond acceptors (Lipinski definition) is 3. The molecular formula is C11H15BrN2O2. The van der Waals surface area contributed by atoms with Crippen molar-refractivity contribution in [2.75, 3.05) is 18.4 Å². The van der Waals surface area contributed by atoms with Crippen LogP contribution in [0.25, 0.3) is 0 Å². The van der Waals surface area contributed by atoms with E-state index in [0.29, 0.717) is 13.1 Å². The van der Waals surface area contributed by atoms with Crippen LogP contribution in [0.5, 0.6) is 0 Å². The number of carbonyl (C=O) groups is 1. The van der Waals surface area contributed by atoms with Crippen LogP contribution >= 0.6 is 15.9 Å². The normalized spacial score (nSPS) is 11.9. The number of rotatable bonds is 5. The van der Waals surface area contributed by atoms with Gasteiger partial charge in [0.25, 0.3) is 0 Å². The summed E-state index contributed by atoms with van der Waals surface area (Å²) in [5, 5.41) is 14.7. The maximum Gasteiger partial charge on any atom is 0.248 e. The lowest BCUT2D eigenvalue weighted by Crippen LogP contribution is -2.35. The van der Waals surface area contributed by atoms with Crippen LogP contribution in [0.1, 0.15) is 6.92 Å². The lowest BCUT2D eigenvalue weighted by Gasteiger charge is -2.09. The van der Waals surface area contributed by atoms with Crippen molar-refractivity contribution in [2.45, 2.75) is 13.0 Å². The summed E-state index contributed by atoms with van der Waals surface area (Å²) in [7, 11) is 0. The maximum absolute atomic E-state index is 11.0. The van der Waals surface area contributed by atoms with Gasteiger partial charge >= 0.3 is 0 Å². The summed E-state index contributed by atoms with van der Waals surface area (Å²) < 4.78 is 1.01. The average Bonchev–Trinajstić information content (AvgIpc) is 2.24. The van der Waals surface area contributed by atoms with E-state index in [1.807, 2.05) is 24.3 Å². The third kappa shape index (κ3) is 4.63. The molecule has 0 saturated carbocycles. The van der Waals surface area contributed by atoms with E-state index in [4.69, 9.17) is 5.11 Å². The molecule has 88 valence electrons. The maximum atomic E-state index is 11.0. The monoisotopic (exact) mass is 286 g/mol. The molecule has 16 heavy (non-hydrogen) atoms. The van der Waals surface area contributed by atoms with E-state index >= 15 is 0 Å². The highest BCUT2D eigenvalue weighted by Crippen LogP contribution is 2.14. The van der Waals surface area contributed by atoms with Crippen molar-refractivity contribution in [1.82, 2.24) is 5.32 Å². The molecule has 1 rings (SSSR count). The molecule has 1 aromatic carbocycles. The predicted octanol–water partition coefficient (Wildman–Crippen LogP) is 1.36. The molecule has 1 amide bonds. The van der Waals surface area contributed by atoms with Gasteiger partial charge in [-0.15, -0.1) is 0 Å². The summed E-state index contributed by atoms with van der Waals surface area (Å²) in [6, 6.07) is 7.78. The third-order valence-electron chi connectivity index (χ3n) is 1.96. The Hall–Kier alpha value is -1.07. The van der Waals surface area contributed by atoms with Crippen LogP contribution in [0.15, 0.2) is 28.7 Å². The Morgan fingerprint density at radius 2 is 2.25 bits per heavy atom. The first-order valence-electron chi connectivity index (χ1n) is 5.05. The molecule has 0 spiro atoms. The van der Waals surface area contributed by atoms with E-state index in [9.17, 15) is 4.79 Å². The fourth-order valence-electron chi connectivity index (χ4n) is 1.14. The summed E-state index contributed by atoms with van der Waals surface area (Å²) in [5.41, 5.74) is 0.987. The van der Waals surface area contributed by atoms with Crippen molar-refractivity contribution in [3.8, 4) is 0 Å². The van der Waals surface area contributed by atoms with Gasteiger partial charge < -0.3 is 15.7 Å². The molecule has 0 fully saturated rings. The highest BCUT2D eigenvalue weighted by molar-refractivity contribution is 9.10. The van der Waals surface area contributed by atoms with Crippen LogP contribution in [-0.2, 0) is 4.79 Å². The van der Waals surface area contributed by atoms with Gasteiger partial charge in [0.1, 0.15) is 6.10 Å². The number of hydrogen-bond donors (Lipinski definition) is 3. The number of nitrogens with one attached hydrogen (secondary N) is 2. The SMILES string of the molecule is C[C@H](O)C(=O)NCCNc1cccc(Br)c1. The Bertz CT molecular complexity index is 356. The largest absolute Gasteiger partial charge is 0.384 e. The minimum atomic E-state index is -0.953. The Morgan fingerprint density at radius 1 is 1.50 bits per heavy atom. The van der Waals surface area contributed by atoms with E-state index < -0.39 is 6.10 Å². The first kappa shape index (κ1) is 13.0. The molecule has 0 aliphatic rings. The summed E-state index contributed by atoms with van der Waals surface area (Å²) in [6.45, 7) is 2.54. The van der Waals surface area contributed by atoms with Crippen molar-refractivity contribution in [3.63, 3.8) is 0 Å². The van der Waals surface area contributed by atoms with E-state index in [-0.39, 0.29) is 5.91 Å². The smallest absolute Gasteiger partial charge is 0.248 e. The number of halogens is 1. The molecule has 0 aromatic heterocycles. The molecule has 0 radical (unpaired) electrons. The molecule has 0 heterocycles. The molecular weight excluding hydrogens is 272 g/mol. The molecule has 0 bridgehead atoms. The van der Waals surface area contributed by atoms with Crippen molar-refractivity contribution >= 4 is 27.5 Å². The molecule has 4 nitrogen and oxygen atoms in total. The van der Waals surface area contributed by atoms with Crippen molar-refractivity contribution in [2.24, 2.45) is 0 Å². The highest BCUT2D eigenvalue weighted by atomic mass is 79.9. The minimum absolute atomic E-state index is 0.351. The second-order valence-electron chi connectivity index (χ2n) is 3.40. The van der Waals surface area contributed by atoms with Crippen molar-refractivity contribution in [3.05, 3.63) is 28.7 Å². The second kappa shape index (κ2) is 6.50. The molecule has 0 aliphatic carbocycles. The van der Waals surface area contributed by atoms with Gasteiger partial charge in [0.2, 0.25) is 5.91 Å². The van der Waals surface area contributed by atoms with E-state index in [0.717, 1.165) is 10.2 Å². The average molecular weight is 287 g/mol. The van der Waals surface area contributed by atoms with E-state index in [1.54, 1.807) is 0 Å². The van der Waals surface area contributed by atoms with Crippen LogP contribution in [-0.4, -0.2) is 30.2 Å².